The maximum atomic E-state index is 13.2. The molecule has 0 atom stereocenters. The van der Waals surface area contributed by atoms with Gasteiger partial charge in [0.2, 0.25) is 11.8 Å². The molecule has 180 valence electrons. The fourth-order valence-electron chi connectivity index (χ4n) is 4.24. The van der Waals surface area contributed by atoms with Crippen LogP contribution in [0, 0.1) is 5.92 Å². The zero-order chi connectivity index (χ0) is 24.3. The molecule has 1 aliphatic heterocycles. The molecular formula is C25H29N3O5S. The number of fused-ring (bicyclic) bond motifs is 1. The molecule has 4 rings (SSSR count). The van der Waals surface area contributed by atoms with E-state index in [0.717, 1.165) is 25.9 Å². The molecular weight excluding hydrogens is 454 g/mol. The van der Waals surface area contributed by atoms with Crippen LogP contribution in [0.4, 0.5) is 5.69 Å². The Labute approximate surface area is 199 Å². The Hall–Kier alpha value is -3.33. The van der Waals surface area contributed by atoms with E-state index in [9.17, 15) is 18.0 Å². The monoisotopic (exact) mass is 483 g/mol. The lowest BCUT2D eigenvalue weighted by Crippen LogP contribution is -2.39. The van der Waals surface area contributed by atoms with Crippen LogP contribution in [0.2, 0.25) is 0 Å². The molecule has 1 aliphatic rings. The van der Waals surface area contributed by atoms with Gasteiger partial charge in [-0.25, -0.2) is 8.42 Å². The standard InChI is InChI=1S/C25H29N3O5S/c1-18-10-12-27(13-11-18)25(30)16-28-15-23(21-8-3-4-9-22(21)28)34(31,32)17-24(29)26-19-6-5-7-20(14-19)33-2/h3-9,14-15,18H,10-13,16-17H2,1-2H3,(H,26,29). The number of anilines is 1. The summed E-state index contributed by atoms with van der Waals surface area (Å²) in [5.74, 6) is -0.236. The number of likely N-dealkylation sites (tertiary alicyclic amines) is 1. The van der Waals surface area contributed by atoms with Gasteiger partial charge in [0.05, 0.1) is 12.0 Å². The number of aromatic nitrogens is 1. The van der Waals surface area contributed by atoms with E-state index in [0.29, 0.717) is 28.3 Å². The second-order valence-corrected chi connectivity index (χ2v) is 10.7. The summed E-state index contributed by atoms with van der Waals surface area (Å²) in [7, 11) is -2.45. The quantitative estimate of drug-likeness (QED) is 0.556. The van der Waals surface area contributed by atoms with Crippen molar-refractivity contribution in [2.75, 3.05) is 31.3 Å². The minimum absolute atomic E-state index is 0.0348. The van der Waals surface area contributed by atoms with Crippen molar-refractivity contribution in [3.63, 3.8) is 0 Å². The molecule has 1 aromatic heterocycles. The van der Waals surface area contributed by atoms with Crippen molar-refractivity contribution in [1.29, 1.82) is 0 Å². The maximum absolute atomic E-state index is 13.2. The van der Waals surface area contributed by atoms with Gasteiger partial charge in [-0.3, -0.25) is 9.59 Å². The number of sulfone groups is 1. The molecule has 1 fully saturated rings. The molecule has 0 radical (unpaired) electrons. The van der Waals surface area contributed by atoms with Gasteiger partial charge < -0.3 is 19.5 Å². The number of hydrogen-bond donors (Lipinski definition) is 1. The molecule has 0 aliphatic carbocycles. The number of rotatable bonds is 7. The first-order valence-electron chi connectivity index (χ1n) is 11.3. The number of amides is 2. The van der Waals surface area contributed by atoms with Gasteiger partial charge in [-0.2, -0.15) is 0 Å². The van der Waals surface area contributed by atoms with Gasteiger partial charge in [0.1, 0.15) is 18.0 Å². The minimum Gasteiger partial charge on any atom is -0.497 e. The zero-order valence-corrected chi connectivity index (χ0v) is 20.2. The fraction of sp³-hybridized carbons (Fsp3) is 0.360. The Bertz CT molecular complexity index is 1310. The average Bonchev–Trinajstić information content (AvgIpc) is 3.18. The Balaban J connectivity index is 1.54. The van der Waals surface area contributed by atoms with Crippen molar-refractivity contribution in [2.45, 2.75) is 31.2 Å². The molecule has 1 saturated heterocycles. The second kappa shape index (κ2) is 9.89. The first-order valence-corrected chi connectivity index (χ1v) is 12.9. The summed E-state index contributed by atoms with van der Waals surface area (Å²) < 4.78 is 33.2. The maximum Gasteiger partial charge on any atom is 0.242 e. The highest BCUT2D eigenvalue weighted by molar-refractivity contribution is 7.92. The van der Waals surface area contributed by atoms with Crippen LogP contribution >= 0.6 is 0 Å². The van der Waals surface area contributed by atoms with Crippen molar-refractivity contribution >= 4 is 38.2 Å². The highest BCUT2D eigenvalue weighted by Crippen LogP contribution is 2.27. The largest absolute Gasteiger partial charge is 0.497 e. The summed E-state index contributed by atoms with van der Waals surface area (Å²) in [5.41, 5.74) is 1.09. The third-order valence-corrected chi connectivity index (χ3v) is 7.84. The lowest BCUT2D eigenvalue weighted by atomic mass is 9.99. The van der Waals surface area contributed by atoms with Gasteiger partial charge in [-0.15, -0.1) is 0 Å². The van der Waals surface area contributed by atoms with Crippen molar-refractivity contribution < 1.29 is 22.7 Å². The summed E-state index contributed by atoms with van der Waals surface area (Å²) in [6.07, 6.45) is 3.42. The summed E-state index contributed by atoms with van der Waals surface area (Å²) in [6, 6.07) is 13.7. The molecule has 34 heavy (non-hydrogen) atoms. The SMILES string of the molecule is COc1cccc(NC(=O)CS(=O)(=O)c2cn(CC(=O)N3CCC(C)CC3)c3ccccc23)c1. The molecule has 8 nitrogen and oxygen atoms in total. The summed E-state index contributed by atoms with van der Waals surface area (Å²) >= 11 is 0. The topological polar surface area (TPSA) is 97.7 Å². The van der Waals surface area contributed by atoms with Crippen LogP contribution in [-0.4, -0.2) is 55.7 Å². The van der Waals surface area contributed by atoms with Crippen molar-refractivity contribution in [2.24, 2.45) is 5.92 Å². The molecule has 3 aromatic rings. The van der Waals surface area contributed by atoms with Crippen LogP contribution in [0.15, 0.2) is 59.6 Å². The molecule has 0 saturated carbocycles. The van der Waals surface area contributed by atoms with E-state index in [2.05, 4.69) is 12.2 Å². The van der Waals surface area contributed by atoms with E-state index in [1.165, 1.54) is 13.3 Å². The number of carbonyl (C=O) groups excluding carboxylic acids is 2. The summed E-state index contributed by atoms with van der Waals surface area (Å²) in [5, 5.41) is 3.11. The van der Waals surface area contributed by atoms with E-state index in [4.69, 9.17) is 4.74 Å². The van der Waals surface area contributed by atoms with Crippen molar-refractivity contribution in [3.05, 3.63) is 54.7 Å². The first-order chi connectivity index (χ1) is 16.3. The number of hydrogen-bond acceptors (Lipinski definition) is 5. The average molecular weight is 484 g/mol. The van der Waals surface area contributed by atoms with Crippen LogP contribution in [0.1, 0.15) is 19.8 Å². The predicted octanol–water partition coefficient (Wildman–Crippen LogP) is 3.32. The summed E-state index contributed by atoms with van der Waals surface area (Å²) in [4.78, 5) is 27.3. The van der Waals surface area contributed by atoms with Gasteiger partial charge in [0, 0.05) is 41.9 Å². The Kier molecular flexibility index (Phi) is 6.92. The van der Waals surface area contributed by atoms with Crippen LogP contribution in [-0.2, 0) is 26.0 Å². The van der Waals surface area contributed by atoms with Crippen LogP contribution < -0.4 is 10.1 Å². The minimum atomic E-state index is -3.96. The van der Waals surface area contributed by atoms with E-state index in [1.54, 1.807) is 53.1 Å². The molecule has 0 unspecified atom stereocenters. The number of para-hydroxylation sites is 1. The molecule has 9 heteroatoms. The highest BCUT2D eigenvalue weighted by atomic mass is 32.2. The second-order valence-electron chi connectivity index (χ2n) is 8.74. The lowest BCUT2D eigenvalue weighted by Gasteiger charge is -2.30. The molecule has 1 N–H and O–H groups in total. The fourth-order valence-corrected chi connectivity index (χ4v) is 5.61. The van der Waals surface area contributed by atoms with Crippen molar-refractivity contribution in [1.82, 2.24) is 9.47 Å². The van der Waals surface area contributed by atoms with Crippen LogP contribution in [0.3, 0.4) is 0 Å². The van der Waals surface area contributed by atoms with Crippen LogP contribution in [0.25, 0.3) is 10.9 Å². The number of benzene rings is 2. The number of carbonyl (C=O) groups is 2. The van der Waals surface area contributed by atoms with Gasteiger partial charge >= 0.3 is 0 Å². The van der Waals surface area contributed by atoms with E-state index in [-0.39, 0.29) is 17.3 Å². The van der Waals surface area contributed by atoms with Gasteiger partial charge in [-0.05, 0) is 37.0 Å². The number of piperidine rings is 1. The van der Waals surface area contributed by atoms with Crippen LogP contribution in [0.5, 0.6) is 5.75 Å². The molecule has 0 spiro atoms. The first kappa shape index (κ1) is 23.8. The van der Waals surface area contributed by atoms with Gasteiger partial charge in [-0.1, -0.05) is 31.2 Å². The third-order valence-electron chi connectivity index (χ3n) is 6.20. The molecule has 0 bridgehead atoms. The van der Waals surface area contributed by atoms with E-state index < -0.39 is 21.5 Å². The van der Waals surface area contributed by atoms with E-state index in [1.807, 2.05) is 4.90 Å². The van der Waals surface area contributed by atoms with Gasteiger partial charge in [0.15, 0.2) is 9.84 Å². The summed E-state index contributed by atoms with van der Waals surface area (Å²) in [6.45, 7) is 3.67. The number of methoxy groups -OCH3 is 1. The smallest absolute Gasteiger partial charge is 0.242 e. The van der Waals surface area contributed by atoms with Crippen molar-refractivity contribution in [3.8, 4) is 5.75 Å². The lowest BCUT2D eigenvalue weighted by molar-refractivity contribution is -0.133. The molecule has 2 amide bonds. The molecule has 2 heterocycles. The number of nitrogens with one attached hydrogen (secondary N) is 1. The highest BCUT2D eigenvalue weighted by Gasteiger charge is 2.26. The van der Waals surface area contributed by atoms with E-state index >= 15 is 0 Å². The number of ether oxygens (including phenoxy) is 1. The zero-order valence-electron chi connectivity index (χ0n) is 19.4. The normalized spacial score (nSPS) is 14.8. The third kappa shape index (κ3) is 5.25. The van der Waals surface area contributed by atoms with Gasteiger partial charge in [0.25, 0.3) is 0 Å². The Morgan fingerprint density at radius 1 is 1.09 bits per heavy atom. The number of nitrogens with zero attached hydrogens (tertiary/aromatic N) is 2. The molecule has 2 aromatic carbocycles. The Morgan fingerprint density at radius 3 is 2.56 bits per heavy atom. The predicted molar refractivity (Wildman–Crippen MR) is 131 cm³/mol. The Morgan fingerprint density at radius 2 is 1.82 bits per heavy atom.